The van der Waals surface area contributed by atoms with Gasteiger partial charge in [0.1, 0.15) is 5.56 Å². The summed E-state index contributed by atoms with van der Waals surface area (Å²) in [5.74, 6) is -0.163. The summed E-state index contributed by atoms with van der Waals surface area (Å²) in [6.45, 7) is 2.22. The first-order chi connectivity index (χ1) is 10.1. The molecule has 2 aromatic rings. The summed E-state index contributed by atoms with van der Waals surface area (Å²) < 4.78 is 10.5. The third-order valence-corrected chi connectivity index (χ3v) is 2.67. The second-order valence-corrected chi connectivity index (χ2v) is 4.04. The Kier molecular flexibility index (Phi) is 4.50. The number of benzene rings is 2. The van der Waals surface area contributed by atoms with Crippen LogP contribution in [0.25, 0.3) is 0 Å². The van der Waals surface area contributed by atoms with Crippen LogP contribution in [0, 0.1) is 10.1 Å². The van der Waals surface area contributed by atoms with Crippen LogP contribution in [0.1, 0.15) is 17.3 Å². The van der Waals surface area contributed by atoms with Crippen LogP contribution in [0.5, 0.6) is 11.5 Å². The summed E-state index contributed by atoms with van der Waals surface area (Å²) in [6.07, 6.45) is 0. The predicted molar refractivity (Wildman–Crippen MR) is 75.7 cm³/mol. The average molecular weight is 287 g/mol. The van der Waals surface area contributed by atoms with Crippen molar-refractivity contribution >= 4 is 11.7 Å². The van der Waals surface area contributed by atoms with Crippen molar-refractivity contribution in [3.63, 3.8) is 0 Å². The second kappa shape index (κ2) is 6.51. The van der Waals surface area contributed by atoms with Crippen LogP contribution in [0.4, 0.5) is 5.69 Å². The van der Waals surface area contributed by atoms with Crippen molar-refractivity contribution in [1.29, 1.82) is 0 Å². The molecule has 0 fully saturated rings. The minimum atomic E-state index is -0.797. The Morgan fingerprint density at radius 1 is 1.10 bits per heavy atom. The first-order valence-corrected chi connectivity index (χ1v) is 6.31. The van der Waals surface area contributed by atoms with Crippen molar-refractivity contribution < 1.29 is 19.2 Å². The lowest BCUT2D eigenvalue weighted by molar-refractivity contribution is -0.385. The fourth-order valence-electron chi connectivity index (χ4n) is 1.77. The van der Waals surface area contributed by atoms with E-state index in [2.05, 4.69) is 0 Å². The third-order valence-electron chi connectivity index (χ3n) is 2.67. The second-order valence-electron chi connectivity index (χ2n) is 4.04. The lowest BCUT2D eigenvalue weighted by Crippen LogP contribution is -2.11. The van der Waals surface area contributed by atoms with Gasteiger partial charge in [-0.1, -0.05) is 24.3 Å². The number of esters is 1. The summed E-state index contributed by atoms with van der Waals surface area (Å²) in [5, 5.41) is 10.9. The van der Waals surface area contributed by atoms with E-state index in [0.29, 0.717) is 12.4 Å². The van der Waals surface area contributed by atoms with Gasteiger partial charge in [0.15, 0.2) is 11.5 Å². The molecule has 0 aliphatic heterocycles. The standard InChI is InChI=1S/C15H13NO5/c1-2-20-13-9-5-6-10-14(13)21-15(17)11-7-3-4-8-12(11)16(18)19/h3-10H,2H2,1H3. The Morgan fingerprint density at radius 3 is 2.38 bits per heavy atom. The molecule has 0 aromatic heterocycles. The molecule has 0 atom stereocenters. The zero-order valence-electron chi connectivity index (χ0n) is 11.3. The molecule has 0 N–H and O–H groups in total. The molecule has 0 aliphatic rings. The first kappa shape index (κ1) is 14.5. The highest BCUT2D eigenvalue weighted by Crippen LogP contribution is 2.28. The van der Waals surface area contributed by atoms with Gasteiger partial charge in [-0.2, -0.15) is 0 Å². The van der Waals surface area contributed by atoms with E-state index < -0.39 is 10.9 Å². The molecule has 0 bridgehead atoms. The summed E-state index contributed by atoms with van der Waals surface area (Å²) in [7, 11) is 0. The molecule has 0 saturated heterocycles. The number of rotatable bonds is 5. The lowest BCUT2D eigenvalue weighted by atomic mass is 10.2. The Hall–Kier alpha value is -2.89. The van der Waals surface area contributed by atoms with Crippen molar-refractivity contribution in [1.82, 2.24) is 0 Å². The molecule has 0 radical (unpaired) electrons. The molecule has 0 spiro atoms. The van der Waals surface area contributed by atoms with Crippen LogP contribution >= 0.6 is 0 Å². The van der Waals surface area contributed by atoms with E-state index in [1.165, 1.54) is 24.3 Å². The number of nitro benzene ring substituents is 1. The average Bonchev–Trinajstić information content (AvgIpc) is 2.49. The van der Waals surface area contributed by atoms with Gasteiger partial charge in [0.25, 0.3) is 5.69 Å². The highest BCUT2D eigenvalue weighted by Gasteiger charge is 2.22. The van der Waals surface area contributed by atoms with Gasteiger partial charge in [0, 0.05) is 6.07 Å². The van der Waals surface area contributed by atoms with Crippen molar-refractivity contribution in [3.8, 4) is 11.5 Å². The number of nitro groups is 1. The quantitative estimate of drug-likeness (QED) is 0.365. The lowest BCUT2D eigenvalue weighted by Gasteiger charge is -2.10. The third kappa shape index (κ3) is 3.36. The fraction of sp³-hybridized carbons (Fsp3) is 0.133. The van der Waals surface area contributed by atoms with Gasteiger partial charge in [-0.3, -0.25) is 10.1 Å². The van der Waals surface area contributed by atoms with E-state index in [1.54, 1.807) is 31.2 Å². The van der Waals surface area contributed by atoms with E-state index >= 15 is 0 Å². The molecule has 0 aliphatic carbocycles. The summed E-state index contributed by atoms with van der Waals surface area (Å²) in [5.41, 5.74) is -0.398. The molecule has 108 valence electrons. The molecule has 6 heteroatoms. The topological polar surface area (TPSA) is 78.7 Å². The number of hydrogen-bond donors (Lipinski definition) is 0. The van der Waals surface area contributed by atoms with Crippen molar-refractivity contribution in [2.75, 3.05) is 6.61 Å². The number of carbonyl (C=O) groups is 1. The highest BCUT2D eigenvalue weighted by atomic mass is 16.6. The van der Waals surface area contributed by atoms with Crippen LogP contribution in [-0.4, -0.2) is 17.5 Å². The van der Waals surface area contributed by atoms with E-state index in [0.717, 1.165) is 0 Å². The molecular weight excluding hydrogens is 274 g/mol. The van der Waals surface area contributed by atoms with Gasteiger partial charge < -0.3 is 9.47 Å². The van der Waals surface area contributed by atoms with E-state index in [-0.39, 0.29) is 17.0 Å². The zero-order valence-corrected chi connectivity index (χ0v) is 11.3. The Labute approximate surface area is 121 Å². The molecule has 2 rings (SSSR count). The number of ether oxygens (including phenoxy) is 2. The van der Waals surface area contributed by atoms with Gasteiger partial charge in [-0.05, 0) is 25.1 Å². The molecule has 0 unspecified atom stereocenters. The summed E-state index contributed by atoms with van der Waals surface area (Å²) in [6, 6.07) is 12.3. The maximum atomic E-state index is 12.1. The molecule has 2 aromatic carbocycles. The Balaban J connectivity index is 2.29. The fourth-order valence-corrected chi connectivity index (χ4v) is 1.77. The monoisotopic (exact) mass is 287 g/mol. The highest BCUT2D eigenvalue weighted by molar-refractivity contribution is 5.95. The number of carbonyl (C=O) groups excluding carboxylic acids is 1. The normalized spacial score (nSPS) is 9.95. The van der Waals surface area contributed by atoms with E-state index in [1.807, 2.05) is 0 Å². The van der Waals surface area contributed by atoms with Crippen molar-refractivity contribution in [2.45, 2.75) is 6.92 Å². The maximum Gasteiger partial charge on any atom is 0.350 e. The Morgan fingerprint density at radius 2 is 1.71 bits per heavy atom. The van der Waals surface area contributed by atoms with Gasteiger partial charge in [0.2, 0.25) is 0 Å². The smallest absolute Gasteiger partial charge is 0.350 e. The van der Waals surface area contributed by atoms with Gasteiger partial charge in [0.05, 0.1) is 11.5 Å². The van der Waals surface area contributed by atoms with Crippen LogP contribution in [0.3, 0.4) is 0 Å². The molecular formula is C15H13NO5. The molecule has 21 heavy (non-hydrogen) atoms. The maximum absolute atomic E-state index is 12.1. The van der Waals surface area contributed by atoms with E-state index in [4.69, 9.17) is 9.47 Å². The summed E-state index contributed by atoms with van der Waals surface area (Å²) in [4.78, 5) is 22.4. The largest absolute Gasteiger partial charge is 0.490 e. The van der Waals surface area contributed by atoms with Gasteiger partial charge >= 0.3 is 5.97 Å². The zero-order chi connectivity index (χ0) is 15.2. The van der Waals surface area contributed by atoms with Gasteiger partial charge in [-0.15, -0.1) is 0 Å². The molecule has 0 saturated carbocycles. The number of hydrogen-bond acceptors (Lipinski definition) is 5. The SMILES string of the molecule is CCOc1ccccc1OC(=O)c1ccccc1[N+](=O)[O-]. The number of para-hydroxylation sites is 3. The number of nitrogens with zero attached hydrogens (tertiary/aromatic N) is 1. The summed E-state index contributed by atoms with van der Waals surface area (Å²) >= 11 is 0. The predicted octanol–water partition coefficient (Wildman–Crippen LogP) is 3.21. The molecule has 6 nitrogen and oxygen atoms in total. The van der Waals surface area contributed by atoms with Crippen LogP contribution in [-0.2, 0) is 0 Å². The first-order valence-electron chi connectivity index (χ1n) is 6.31. The van der Waals surface area contributed by atoms with Crippen LogP contribution in [0.15, 0.2) is 48.5 Å². The van der Waals surface area contributed by atoms with Crippen LogP contribution < -0.4 is 9.47 Å². The van der Waals surface area contributed by atoms with Crippen molar-refractivity contribution in [2.24, 2.45) is 0 Å². The molecule has 0 heterocycles. The minimum Gasteiger partial charge on any atom is -0.490 e. The Bertz CT molecular complexity index is 669. The van der Waals surface area contributed by atoms with E-state index in [9.17, 15) is 14.9 Å². The van der Waals surface area contributed by atoms with Crippen LogP contribution in [0.2, 0.25) is 0 Å². The molecule has 0 amide bonds. The van der Waals surface area contributed by atoms with Crippen molar-refractivity contribution in [3.05, 3.63) is 64.2 Å². The van der Waals surface area contributed by atoms with Gasteiger partial charge in [-0.25, -0.2) is 4.79 Å². The minimum absolute atomic E-state index is 0.103.